The molecule has 1 heterocycles. The predicted octanol–water partition coefficient (Wildman–Crippen LogP) is 4.18. The van der Waals surface area contributed by atoms with Crippen LogP contribution in [0.3, 0.4) is 0 Å². The highest BCUT2D eigenvalue weighted by molar-refractivity contribution is 5.87. The van der Waals surface area contributed by atoms with E-state index in [0.717, 1.165) is 24.2 Å². The van der Waals surface area contributed by atoms with Gasteiger partial charge in [0.25, 0.3) is 0 Å². The molecule has 0 radical (unpaired) electrons. The van der Waals surface area contributed by atoms with Crippen molar-refractivity contribution >= 4 is 36.4 Å². The highest BCUT2D eigenvalue weighted by Crippen LogP contribution is 2.25. The van der Waals surface area contributed by atoms with Crippen molar-refractivity contribution in [2.24, 2.45) is 5.73 Å². The van der Waals surface area contributed by atoms with Crippen LogP contribution in [-0.4, -0.2) is 19.0 Å². The highest BCUT2D eigenvalue weighted by Gasteiger charge is 2.31. The zero-order chi connectivity index (χ0) is 17.9. The molecule has 0 spiro atoms. The lowest BCUT2D eigenvalue weighted by Crippen LogP contribution is -2.49. The Morgan fingerprint density at radius 3 is 2.33 bits per heavy atom. The van der Waals surface area contributed by atoms with Crippen molar-refractivity contribution in [1.29, 1.82) is 0 Å². The molecule has 27 heavy (non-hydrogen) atoms. The van der Waals surface area contributed by atoms with E-state index < -0.39 is 5.54 Å². The van der Waals surface area contributed by atoms with Gasteiger partial charge in [-0.2, -0.15) is 0 Å². The summed E-state index contributed by atoms with van der Waals surface area (Å²) in [5.41, 5.74) is 8.40. The van der Waals surface area contributed by atoms with E-state index in [2.05, 4.69) is 34.5 Å². The van der Waals surface area contributed by atoms with Crippen molar-refractivity contribution in [3.8, 4) is 0 Å². The number of hydrogen-bond acceptors (Lipinski definition) is 3. The zero-order valence-corrected chi connectivity index (χ0v) is 17.5. The summed E-state index contributed by atoms with van der Waals surface area (Å²) >= 11 is 0. The number of nitrogens with one attached hydrogen (secondary N) is 1. The van der Waals surface area contributed by atoms with Crippen molar-refractivity contribution in [2.45, 2.75) is 38.3 Å². The Bertz CT molecular complexity index is 731. The molecule has 0 aliphatic carbocycles. The quantitative estimate of drug-likeness (QED) is 0.778. The first kappa shape index (κ1) is 23.3. The maximum Gasteiger partial charge on any atom is 0.244 e. The Labute approximate surface area is 174 Å². The number of halogens is 2. The molecule has 1 aliphatic rings. The van der Waals surface area contributed by atoms with Crippen LogP contribution in [0, 0.1) is 0 Å². The van der Waals surface area contributed by atoms with Crippen molar-refractivity contribution in [1.82, 2.24) is 5.32 Å². The second-order valence-corrected chi connectivity index (χ2v) is 7.05. The van der Waals surface area contributed by atoms with E-state index in [4.69, 9.17) is 5.73 Å². The molecule has 0 aromatic heterocycles. The van der Waals surface area contributed by atoms with E-state index in [0.29, 0.717) is 0 Å². The summed E-state index contributed by atoms with van der Waals surface area (Å²) in [6, 6.07) is 17.8. The fourth-order valence-electron chi connectivity index (χ4n) is 3.31. The van der Waals surface area contributed by atoms with Gasteiger partial charge in [-0.1, -0.05) is 42.5 Å². The first-order valence-corrected chi connectivity index (χ1v) is 8.99. The maximum absolute atomic E-state index is 12.7. The van der Waals surface area contributed by atoms with Gasteiger partial charge in [-0.05, 0) is 49.9 Å². The van der Waals surface area contributed by atoms with E-state index in [1.807, 2.05) is 37.3 Å². The van der Waals surface area contributed by atoms with Crippen molar-refractivity contribution in [2.75, 3.05) is 18.0 Å². The number of amides is 1. The standard InChI is InChI=1S/C21H27N3O.2ClH/c1-16(17-9-8-12-19(15-17)24-13-6-7-14-24)23-20(25)21(2,22)18-10-4-3-5-11-18;;/h3-5,8-12,15-16H,6-7,13-14,22H2,1-2H3,(H,23,25);2*1H. The topological polar surface area (TPSA) is 58.4 Å². The average Bonchev–Trinajstić information content (AvgIpc) is 3.17. The fourth-order valence-corrected chi connectivity index (χ4v) is 3.31. The molecule has 2 unspecified atom stereocenters. The summed E-state index contributed by atoms with van der Waals surface area (Å²) in [6.45, 7) is 5.98. The lowest BCUT2D eigenvalue weighted by Gasteiger charge is -2.27. The summed E-state index contributed by atoms with van der Waals surface area (Å²) in [5, 5.41) is 3.07. The summed E-state index contributed by atoms with van der Waals surface area (Å²) in [7, 11) is 0. The van der Waals surface area contributed by atoms with Crippen LogP contribution in [0.15, 0.2) is 54.6 Å². The van der Waals surface area contributed by atoms with Crippen LogP contribution in [0.1, 0.15) is 43.9 Å². The number of anilines is 1. The first-order valence-electron chi connectivity index (χ1n) is 8.99. The van der Waals surface area contributed by atoms with Gasteiger partial charge in [0.15, 0.2) is 0 Å². The normalized spacial score (nSPS) is 16.5. The molecule has 3 N–H and O–H groups in total. The van der Waals surface area contributed by atoms with Gasteiger partial charge in [-0.15, -0.1) is 24.8 Å². The van der Waals surface area contributed by atoms with Crippen LogP contribution in [0.2, 0.25) is 0 Å². The minimum atomic E-state index is -1.05. The van der Waals surface area contributed by atoms with E-state index in [9.17, 15) is 4.79 Å². The number of hydrogen-bond donors (Lipinski definition) is 2. The molecule has 1 fully saturated rings. The lowest BCUT2D eigenvalue weighted by atomic mass is 9.91. The Morgan fingerprint density at radius 1 is 1.07 bits per heavy atom. The van der Waals surface area contributed by atoms with E-state index in [-0.39, 0.29) is 36.8 Å². The maximum atomic E-state index is 12.7. The first-order chi connectivity index (χ1) is 12.0. The second-order valence-electron chi connectivity index (χ2n) is 7.05. The molecule has 0 saturated carbocycles. The number of carbonyl (C=O) groups excluding carboxylic acids is 1. The lowest BCUT2D eigenvalue weighted by molar-refractivity contribution is -0.126. The largest absolute Gasteiger partial charge is 0.372 e. The molecule has 3 rings (SSSR count). The molecule has 1 aliphatic heterocycles. The van der Waals surface area contributed by atoms with E-state index in [1.54, 1.807) is 6.92 Å². The van der Waals surface area contributed by atoms with Gasteiger partial charge in [-0.3, -0.25) is 4.79 Å². The molecule has 2 atom stereocenters. The Kier molecular flexibility index (Phi) is 8.60. The third-order valence-corrected chi connectivity index (χ3v) is 5.03. The Balaban J connectivity index is 0.00000182. The van der Waals surface area contributed by atoms with Crippen LogP contribution < -0.4 is 16.0 Å². The molecule has 2 aromatic carbocycles. The number of benzene rings is 2. The molecule has 6 heteroatoms. The Morgan fingerprint density at radius 2 is 1.70 bits per heavy atom. The zero-order valence-electron chi connectivity index (χ0n) is 15.9. The minimum Gasteiger partial charge on any atom is -0.372 e. The molecule has 2 aromatic rings. The minimum absolute atomic E-state index is 0. The van der Waals surface area contributed by atoms with Crippen molar-refractivity contribution in [3.05, 3.63) is 65.7 Å². The van der Waals surface area contributed by atoms with Gasteiger partial charge in [-0.25, -0.2) is 0 Å². The Hall–Kier alpha value is -1.75. The van der Waals surface area contributed by atoms with E-state index in [1.165, 1.54) is 18.5 Å². The number of rotatable bonds is 5. The summed E-state index contributed by atoms with van der Waals surface area (Å²) in [4.78, 5) is 15.1. The SMILES string of the molecule is CC(NC(=O)C(C)(N)c1ccccc1)c1cccc(N2CCCC2)c1.Cl.Cl. The average molecular weight is 410 g/mol. The van der Waals surface area contributed by atoms with Gasteiger partial charge < -0.3 is 16.0 Å². The van der Waals surface area contributed by atoms with Crippen molar-refractivity contribution < 1.29 is 4.79 Å². The second kappa shape index (κ2) is 9.98. The third kappa shape index (κ3) is 5.38. The summed E-state index contributed by atoms with van der Waals surface area (Å²) in [5.74, 6) is -0.169. The molecule has 148 valence electrons. The van der Waals surface area contributed by atoms with Gasteiger partial charge in [0.2, 0.25) is 5.91 Å². The fraction of sp³-hybridized carbons (Fsp3) is 0.381. The van der Waals surface area contributed by atoms with Crippen LogP contribution in [0.5, 0.6) is 0 Å². The van der Waals surface area contributed by atoms with Crippen LogP contribution in [-0.2, 0) is 10.3 Å². The van der Waals surface area contributed by atoms with Gasteiger partial charge in [0.1, 0.15) is 5.54 Å². The number of nitrogens with zero attached hydrogens (tertiary/aromatic N) is 1. The van der Waals surface area contributed by atoms with Gasteiger partial charge in [0.05, 0.1) is 6.04 Å². The van der Waals surface area contributed by atoms with Crippen LogP contribution >= 0.6 is 24.8 Å². The smallest absolute Gasteiger partial charge is 0.244 e. The highest BCUT2D eigenvalue weighted by atomic mass is 35.5. The summed E-state index contributed by atoms with van der Waals surface area (Å²) in [6.07, 6.45) is 2.50. The molecule has 4 nitrogen and oxygen atoms in total. The summed E-state index contributed by atoms with van der Waals surface area (Å²) < 4.78 is 0. The third-order valence-electron chi connectivity index (χ3n) is 5.03. The van der Waals surface area contributed by atoms with Crippen LogP contribution in [0.25, 0.3) is 0 Å². The van der Waals surface area contributed by atoms with Crippen LogP contribution in [0.4, 0.5) is 5.69 Å². The van der Waals surface area contributed by atoms with E-state index >= 15 is 0 Å². The van der Waals surface area contributed by atoms with Gasteiger partial charge in [0, 0.05) is 18.8 Å². The molecule has 1 saturated heterocycles. The number of carbonyl (C=O) groups is 1. The van der Waals surface area contributed by atoms with Gasteiger partial charge >= 0.3 is 0 Å². The molecular formula is C21H29Cl2N3O. The predicted molar refractivity (Wildman–Crippen MR) is 117 cm³/mol. The molecule has 1 amide bonds. The molecule has 0 bridgehead atoms. The number of nitrogens with two attached hydrogens (primary N) is 1. The molecular weight excluding hydrogens is 381 g/mol. The van der Waals surface area contributed by atoms with Crippen molar-refractivity contribution in [3.63, 3.8) is 0 Å². The monoisotopic (exact) mass is 409 g/mol.